The fourth-order valence-corrected chi connectivity index (χ4v) is 3.21. The van der Waals surface area contributed by atoms with E-state index in [9.17, 15) is 10.2 Å². The van der Waals surface area contributed by atoms with E-state index in [0.717, 1.165) is 16.9 Å². The van der Waals surface area contributed by atoms with Crippen molar-refractivity contribution in [3.05, 3.63) is 34.3 Å². The van der Waals surface area contributed by atoms with Crippen molar-refractivity contribution in [3.8, 4) is 17.0 Å². The molecule has 1 aromatic carbocycles. The Labute approximate surface area is 145 Å². The smallest absolute Gasteiger partial charge is 0.151 e. The predicted molar refractivity (Wildman–Crippen MR) is 92.7 cm³/mol. The Morgan fingerprint density at radius 1 is 1.25 bits per heavy atom. The lowest BCUT2D eigenvalue weighted by Gasteiger charge is -2.32. The first kappa shape index (κ1) is 17.0. The summed E-state index contributed by atoms with van der Waals surface area (Å²) >= 11 is 5.97. The molecule has 1 fully saturated rings. The van der Waals surface area contributed by atoms with Crippen molar-refractivity contribution in [1.29, 1.82) is 0 Å². The number of phenolic OH excluding ortho intramolecular Hbond substituents is 1. The van der Waals surface area contributed by atoms with Crippen LogP contribution in [0, 0.1) is 13.8 Å². The largest absolute Gasteiger partial charge is 0.507 e. The minimum atomic E-state index is -0.205. The number of aryl methyl sites for hydroxylation is 2. The van der Waals surface area contributed by atoms with Gasteiger partial charge < -0.3 is 19.8 Å². The molecule has 2 aromatic rings. The number of phenols is 1. The second kappa shape index (κ2) is 6.93. The van der Waals surface area contributed by atoms with Gasteiger partial charge in [0.25, 0.3) is 0 Å². The van der Waals surface area contributed by atoms with Gasteiger partial charge in [-0.05, 0) is 43.2 Å². The summed E-state index contributed by atoms with van der Waals surface area (Å²) in [6.45, 7) is 5.63. The van der Waals surface area contributed by atoms with Crippen molar-refractivity contribution in [2.45, 2.75) is 20.0 Å². The van der Waals surface area contributed by atoms with Gasteiger partial charge in [-0.15, -0.1) is 10.2 Å². The van der Waals surface area contributed by atoms with Crippen LogP contribution in [0.25, 0.3) is 11.3 Å². The van der Waals surface area contributed by atoms with Gasteiger partial charge in [0.15, 0.2) is 5.82 Å². The number of benzene rings is 1. The van der Waals surface area contributed by atoms with Gasteiger partial charge in [0.2, 0.25) is 0 Å². The molecule has 0 spiro atoms. The predicted octanol–water partition coefficient (Wildman–Crippen LogP) is 2.32. The highest BCUT2D eigenvalue weighted by Crippen LogP contribution is 2.36. The SMILES string of the molecule is Cc1cc(N2CCO[C@H](CO)C2)nnc1-c1c(C)cc(Cl)cc1O. The number of nitrogens with zero attached hydrogens (tertiary/aromatic N) is 3. The van der Waals surface area contributed by atoms with E-state index in [2.05, 4.69) is 10.2 Å². The highest BCUT2D eigenvalue weighted by atomic mass is 35.5. The average Bonchev–Trinajstić information content (AvgIpc) is 2.55. The van der Waals surface area contributed by atoms with Crippen LogP contribution in [0.5, 0.6) is 5.75 Å². The summed E-state index contributed by atoms with van der Waals surface area (Å²) in [5.41, 5.74) is 3.04. The normalized spacial score (nSPS) is 18.0. The van der Waals surface area contributed by atoms with E-state index in [0.29, 0.717) is 36.0 Å². The summed E-state index contributed by atoms with van der Waals surface area (Å²) in [6, 6.07) is 5.24. The molecule has 1 aliphatic rings. The zero-order valence-corrected chi connectivity index (χ0v) is 14.4. The van der Waals surface area contributed by atoms with Crippen molar-refractivity contribution in [2.24, 2.45) is 0 Å². The van der Waals surface area contributed by atoms with Crippen molar-refractivity contribution in [1.82, 2.24) is 10.2 Å². The third-order valence-corrected chi connectivity index (χ3v) is 4.37. The topological polar surface area (TPSA) is 78.7 Å². The molecule has 0 saturated carbocycles. The van der Waals surface area contributed by atoms with Crippen LogP contribution in [0.1, 0.15) is 11.1 Å². The van der Waals surface area contributed by atoms with Crippen molar-refractivity contribution >= 4 is 17.4 Å². The summed E-state index contributed by atoms with van der Waals surface area (Å²) in [5.74, 6) is 0.834. The van der Waals surface area contributed by atoms with Gasteiger partial charge in [0.1, 0.15) is 5.75 Å². The van der Waals surface area contributed by atoms with Crippen LogP contribution in [0.2, 0.25) is 5.02 Å². The number of aromatic nitrogens is 2. The number of hydrogen-bond acceptors (Lipinski definition) is 6. The third kappa shape index (κ3) is 3.31. The molecular formula is C17H20ClN3O3. The molecule has 24 heavy (non-hydrogen) atoms. The number of aliphatic hydroxyl groups excluding tert-OH is 1. The van der Waals surface area contributed by atoms with Crippen molar-refractivity contribution in [2.75, 3.05) is 31.2 Å². The van der Waals surface area contributed by atoms with Gasteiger partial charge >= 0.3 is 0 Å². The number of halogens is 1. The lowest BCUT2D eigenvalue weighted by atomic mass is 10.0. The average molecular weight is 350 g/mol. The van der Waals surface area contributed by atoms with Crippen LogP contribution in [0.4, 0.5) is 5.82 Å². The standard InChI is InChI=1S/C17H20ClN3O3/c1-10-5-12(18)7-14(23)16(10)17-11(2)6-15(19-20-17)21-3-4-24-13(8-21)9-22/h5-7,13,22-23H,3-4,8-9H2,1-2H3/t13-/m0/s1. The molecule has 1 saturated heterocycles. The lowest BCUT2D eigenvalue weighted by Crippen LogP contribution is -2.44. The zero-order chi connectivity index (χ0) is 17.3. The first-order valence-electron chi connectivity index (χ1n) is 7.81. The highest BCUT2D eigenvalue weighted by Gasteiger charge is 2.22. The van der Waals surface area contributed by atoms with E-state index < -0.39 is 0 Å². The Morgan fingerprint density at radius 3 is 2.71 bits per heavy atom. The van der Waals surface area contributed by atoms with Gasteiger partial charge in [-0.25, -0.2) is 0 Å². The number of hydrogen-bond donors (Lipinski definition) is 2. The van der Waals surface area contributed by atoms with Gasteiger partial charge in [-0.1, -0.05) is 11.6 Å². The number of aromatic hydroxyl groups is 1. The Bertz CT molecular complexity index is 731. The van der Waals surface area contributed by atoms with Crippen LogP contribution >= 0.6 is 11.6 Å². The zero-order valence-electron chi connectivity index (χ0n) is 13.7. The molecule has 6 nitrogen and oxygen atoms in total. The molecule has 1 atom stereocenters. The van der Waals surface area contributed by atoms with Gasteiger partial charge in [-0.2, -0.15) is 0 Å². The molecular weight excluding hydrogens is 330 g/mol. The lowest BCUT2D eigenvalue weighted by molar-refractivity contribution is 0.00332. The Hall–Kier alpha value is -1.89. The molecule has 0 unspecified atom stereocenters. The number of morpholine rings is 1. The Morgan fingerprint density at radius 2 is 2.04 bits per heavy atom. The molecule has 2 N–H and O–H groups in total. The number of anilines is 1. The maximum atomic E-state index is 10.2. The molecule has 3 rings (SSSR count). The van der Waals surface area contributed by atoms with E-state index in [-0.39, 0.29) is 18.5 Å². The molecule has 7 heteroatoms. The molecule has 0 bridgehead atoms. The van der Waals surface area contributed by atoms with Gasteiger partial charge in [-0.3, -0.25) is 0 Å². The molecule has 0 aliphatic carbocycles. The van der Waals surface area contributed by atoms with Crippen LogP contribution in [-0.4, -0.2) is 52.8 Å². The van der Waals surface area contributed by atoms with E-state index in [1.54, 1.807) is 6.07 Å². The first-order valence-corrected chi connectivity index (χ1v) is 8.18. The van der Waals surface area contributed by atoms with E-state index in [1.807, 2.05) is 24.8 Å². The van der Waals surface area contributed by atoms with E-state index in [1.165, 1.54) is 6.07 Å². The maximum Gasteiger partial charge on any atom is 0.151 e. The number of aliphatic hydroxyl groups is 1. The van der Waals surface area contributed by atoms with Crippen molar-refractivity contribution < 1.29 is 14.9 Å². The summed E-state index contributed by atoms with van der Waals surface area (Å²) < 4.78 is 5.46. The molecule has 0 amide bonds. The molecule has 128 valence electrons. The summed E-state index contributed by atoms with van der Waals surface area (Å²) in [4.78, 5) is 2.04. The molecule has 1 aromatic heterocycles. The quantitative estimate of drug-likeness (QED) is 0.885. The van der Waals surface area contributed by atoms with Crippen LogP contribution in [0.3, 0.4) is 0 Å². The monoisotopic (exact) mass is 349 g/mol. The minimum absolute atomic E-state index is 0.0150. The second-order valence-electron chi connectivity index (χ2n) is 5.97. The molecule has 0 radical (unpaired) electrons. The molecule has 1 aliphatic heterocycles. The van der Waals surface area contributed by atoms with Gasteiger partial charge in [0.05, 0.1) is 25.0 Å². The van der Waals surface area contributed by atoms with Crippen LogP contribution in [-0.2, 0) is 4.74 Å². The minimum Gasteiger partial charge on any atom is -0.507 e. The fourth-order valence-electron chi connectivity index (χ4n) is 2.94. The van der Waals surface area contributed by atoms with Gasteiger partial charge in [0, 0.05) is 23.7 Å². The highest BCUT2D eigenvalue weighted by molar-refractivity contribution is 6.31. The molecule has 2 heterocycles. The Balaban J connectivity index is 1.94. The van der Waals surface area contributed by atoms with E-state index >= 15 is 0 Å². The summed E-state index contributed by atoms with van der Waals surface area (Å²) in [7, 11) is 0. The fraction of sp³-hybridized carbons (Fsp3) is 0.412. The van der Waals surface area contributed by atoms with Crippen molar-refractivity contribution in [3.63, 3.8) is 0 Å². The summed E-state index contributed by atoms with van der Waals surface area (Å²) in [5, 5.41) is 28.6. The first-order chi connectivity index (χ1) is 11.5. The number of rotatable bonds is 3. The second-order valence-corrected chi connectivity index (χ2v) is 6.41. The summed E-state index contributed by atoms with van der Waals surface area (Å²) in [6.07, 6.45) is -0.205. The number of ether oxygens (including phenoxy) is 1. The third-order valence-electron chi connectivity index (χ3n) is 4.15. The Kier molecular flexibility index (Phi) is 4.89. The maximum absolute atomic E-state index is 10.2. The van der Waals surface area contributed by atoms with Crippen LogP contribution in [0.15, 0.2) is 18.2 Å². The van der Waals surface area contributed by atoms with E-state index in [4.69, 9.17) is 16.3 Å². The van der Waals surface area contributed by atoms with Crippen LogP contribution < -0.4 is 4.90 Å².